The first-order chi connectivity index (χ1) is 4.83. The van der Waals surface area contributed by atoms with Crippen LogP contribution >= 0.6 is 0 Å². The van der Waals surface area contributed by atoms with Crippen LogP contribution in [-0.4, -0.2) is 18.5 Å². The molecule has 0 saturated heterocycles. The first-order valence-electron chi connectivity index (χ1n) is 3.33. The third-order valence-corrected chi connectivity index (χ3v) is 1.28. The Hall–Kier alpha value is -0.880. The van der Waals surface area contributed by atoms with Gasteiger partial charge in [-0.15, -0.1) is 0 Å². The maximum absolute atomic E-state index is 10.6. The predicted molar refractivity (Wildman–Crippen MR) is 34.2 cm³/mol. The standard InChI is InChI=1S/C7H9NO2/c8-4-3-6(9)5-10-7-1-2-7/h7H,1-3,5H2. The van der Waals surface area contributed by atoms with Crippen LogP contribution in [0.5, 0.6) is 0 Å². The number of hydrogen-bond donors (Lipinski definition) is 0. The van der Waals surface area contributed by atoms with Gasteiger partial charge in [-0.2, -0.15) is 5.26 Å². The van der Waals surface area contributed by atoms with E-state index in [0.717, 1.165) is 12.8 Å². The Morgan fingerprint density at radius 2 is 2.40 bits per heavy atom. The van der Waals surface area contributed by atoms with Crippen LogP contribution in [0, 0.1) is 11.3 Å². The Balaban J connectivity index is 2.01. The molecule has 3 nitrogen and oxygen atoms in total. The zero-order valence-electron chi connectivity index (χ0n) is 5.67. The summed E-state index contributed by atoms with van der Waals surface area (Å²) in [6.45, 7) is 0.123. The van der Waals surface area contributed by atoms with Crippen LogP contribution in [0.1, 0.15) is 19.3 Å². The van der Waals surface area contributed by atoms with Crippen LogP contribution in [0.2, 0.25) is 0 Å². The highest BCUT2D eigenvalue weighted by Gasteiger charge is 2.22. The first-order valence-corrected chi connectivity index (χ1v) is 3.33. The van der Waals surface area contributed by atoms with Crippen molar-refractivity contribution in [2.75, 3.05) is 6.61 Å². The maximum Gasteiger partial charge on any atom is 0.172 e. The summed E-state index contributed by atoms with van der Waals surface area (Å²) in [5.41, 5.74) is 0. The van der Waals surface area contributed by atoms with Crippen LogP contribution in [-0.2, 0) is 9.53 Å². The van der Waals surface area contributed by atoms with E-state index in [9.17, 15) is 4.79 Å². The van der Waals surface area contributed by atoms with Gasteiger partial charge in [0.05, 0.1) is 18.6 Å². The molecule has 0 bridgehead atoms. The number of rotatable bonds is 4. The van der Waals surface area contributed by atoms with E-state index in [0.29, 0.717) is 6.10 Å². The Morgan fingerprint density at radius 3 is 2.90 bits per heavy atom. The molecule has 3 heteroatoms. The highest BCUT2D eigenvalue weighted by Crippen LogP contribution is 2.22. The summed E-state index contributed by atoms with van der Waals surface area (Å²) in [6, 6.07) is 1.78. The van der Waals surface area contributed by atoms with E-state index < -0.39 is 0 Å². The SMILES string of the molecule is N#CCC(=O)COC1CC1. The van der Waals surface area contributed by atoms with Crippen LogP contribution in [0.3, 0.4) is 0 Å². The number of carbonyl (C=O) groups is 1. The van der Waals surface area contributed by atoms with Crippen LogP contribution < -0.4 is 0 Å². The average Bonchev–Trinajstić information content (AvgIpc) is 2.67. The molecular weight excluding hydrogens is 130 g/mol. The summed E-state index contributed by atoms with van der Waals surface area (Å²) < 4.78 is 5.07. The summed E-state index contributed by atoms with van der Waals surface area (Å²) in [7, 11) is 0. The molecule has 0 aromatic rings. The number of Topliss-reactive ketones (excluding diaryl/α,β-unsaturated/α-hetero) is 1. The number of nitriles is 1. The lowest BCUT2D eigenvalue weighted by atomic mass is 10.3. The van der Waals surface area contributed by atoms with Gasteiger partial charge in [0, 0.05) is 0 Å². The van der Waals surface area contributed by atoms with Crippen molar-refractivity contribution in [3.63, 3.8) is 0 Å². The summed E-state index contributed by atoms with van der Waals surface area (Å²) in [5.74, 6) is -0.116. The summed E-state index contributed by atoms with van der Waals surface area (Å²) in [4.78, 5) is 10.6. The van der Waals surface area contributed by atoms with Crippen molar-refractivity contribution in [3.8, 4) is 6.07 Å². The van der Waals surface area contributed by atoms with E-state index in [-0.39, 0.29) is 18.8 Å². The van der Waals surface area contributed by atoms with Crippen molar-refractivity contribution in [3.05, 3.63) is 0 Å². The van der Waals surface area contributed by atoms with Gasteiger partial charge in [-0.05, 0) is 12.8 Å². The molecule has 0 aromatic heterocycles. The third-order valence-electron chi connectivity index (χ3n) is 1.28. The molecule has 54 valence electrons. The monoisotopic (exact) mass is 139 g/mol. The van der Waals surface area contributed by atoms with Crippen molar-refractivity contribution in [1.82, 2.24) is 0 Å². The molecule has 0 atom stereocenters. The van der Waals surface area contributed by atoms with Gasteiger partial charge in [-0.3, -0.25) is 4.79 Å². The smallest absolute Gasteiger partial charge is 0.172 e. The van der Waals surface area contributed by atoms with Crippen molar-refractivity contribution in [2.24, 2.45) is 0 Å². The van der Waals surface area contributed by atoms with Gasteiger partial charge < -0.3 is 4.74 Å². The number of nitrogens with zero attached hydrogens (tertiary/aromatic N) is 1. The minimum absolute atomic E-state index is 0.0211. The quantitative estimate of drug-likeness (QED) is 0.574. The minimum atomic E-state index is -0.116. The highest BCUT2D eigenvalue weighted by molar-refractivity contribution is 5.81. The molecule has 0 heterocycles. The lowest BCUT2D eigenvalue weighted by Crippen LogP contribution is -2.08. The number of ketones is 1. The summed E-state index contributed by atoms with van der Waals surface area (Å²) >= 11 is 0. The Kier molecular flexibility index (Phi) is 2.41. The molecule has 0 amide bonds. The van der Waals surface area contributed by atoms with Crippen molar-refractivity contribution in [2.45, 2.75) is 25.4 Å². The normalized spacial score (nSPS) is 16.3. The first kappa shape index (κ1) is 7.23. The molecule has 1 fully saturated rings. The second-order valence-corrected chi connectivity index (χ2v) is 2.38. The van der Waals surface area contributed by atoms with E-state index >= 15 is 0 Å². The lowest BCUT2D eigenvalue weighted by molar-refractivity contribution is -0.123. The average molecular weight is 139 g/mol. The van der Waals surface area contributed by atoms with Crippen LogP contribution in [0.25, 0.3) is 0 Å². The van der Waals surface area contributed by atoms with E-state index in [1.807, 2.05) is 0 Å². The molecule has 0 N–H and O–H groups in total. The van der Waals surface area contributed by atoms with Gasteiger partial charge in [0.2, 0.25) is 0 Å². The van der Waals surface area contributed by atoms with E-state index in [1.54, 1.807) is 6.07 Å². The summed E-state index contributed by atoms with van der Waals surface area (Å²) in [6.07, 6.45) is 2.43. The van der Waals surface area contributed by atoms with Gasteiger partial charge in [0.25, 0.3) is 0 Å². The molecule has 0 aromatic carbocycles. The van der Waals surface area contributed by atoms with Crippen LogP contribution in [0.4, 0.5) is 0 Å². The number of carbonyl (C=O) groups excluding carboxylic acids is 1. The zero-order chi connectivity index (χ0) is 7.40. The van der Waals surface area contributed by atoms with Gasteiger partial charge in [0.15, 0.2) is 5.78 Å². The molecule has 0 spiro atoms. The van der Waals surface area contributed by atoms with Crippen molar-refractivity contribution in [1.29, 1.82) is 5.26 Å². The predicted octanol–water partition coefficient (Wildman–Crippen LogP) is 0.648. The fourth-order valence-corrected chi connectivity index (χ4v) is 0.585. The Labute approximate surface area is 59.6 Å². The number of ether oxygens (including phenoxy) is 1. The Bertz CT molecular complexity index is 167. The van der Waals surface area contributed by atoms with Gasteiger partial charge in [-0.1, -0.05) is 0 Å². The highest BCUT2D eigenvalue weighted by atomic mass is 16.5. The number of hydrogen-bond acceptors (Lipinski definition) is 3. The molecule has 0 aliphatic heterocycles. The summed E-state index contributed by atoms with van der Waals surface area (Å²) in [5, 5.41) is 8.09. The minimum Gasteiger partial charge on any atom is -0.370 e. The van der Waals surface area contributed by atoms with E-state index in [1.165, 1.54) is 0 Å². The van der Waals surface area contributed by atoms with Gasteiger partial charge in [0.1, 0.15) is 6.61 Å². The largest absolute Gasteiger partial charge is 0.370 e. The molecule has 0 radical (unpaired) electrons. The second-order valence-electron chi connectivity index (χ2n) is 2.38. The van der Waals surface area contributed by atoms with Gasteiger partial charge >= 0.3 is 0 Å². The molecular formula is C7H9NO2. The molecule has 0 unspecified atom stereocenters. The van der Waals surface area contributed by atoms with Crippen molar-refractivity contribution < 1.29 is 9.53 Å². The molecule has 1 aliphatic carbocycles. The Morgan fingerprint density at radius 1 is 1.70 bits per heavy atom. The van der Waals surface area contributed by atoms with E-state index in [4.69, 9.17) is 10.00 Å². The zero-order valence-corrected chi connectivity index (χ0v) is 5.67. The fraction of sp³-hybridized carbons (Fsp3) is 0.714. The third kappa shape index (κ3) is 2.60. The molecule has 10 heavy (non-hydrogen) atoms. The topological polar surface area (TPSA) is 50.1 Å². The molecule has 1 aliphatic rings. The maximum atomic E-state index is 10.6. The second kappa shape index (κ2) is 3.33. The van der Waals surface area contributed by atoms with Gasteiger partial charge in [-0.25, -0.2) is 0 Å². The van der Waals surface area contributed by atoms with Crippen LogP contribution in [0.15, 0.2) is 0 Å². The fourth-order valence-electron chi connectivity index (χ4n) is 0.585. The lowest BCUT2D eigenvalue weighted by Gasteiger charge is -1.95. The van der Waals surface area contributed by atoms with Crippen molar-refractivity contribution >= 4 is 5.78 Å². The molecule has 1 rings (SSSR count). The molecule has 1 saturated carbocycles. The van der Waals surface area contributed by atoms with E-state index in [2.05, 4.69) is 0 Å².